The Balaban J connectivity index is 1.36. The van der Waals surface area contributed by atoms with Crippen molar-refractivity contribution in [2.45, 2.75) is 42.9 Å². The Morgan fingerprint density at radius 2 is 2.00 bits per heavy atom. The molecule has 0 aromatic heterocycles. The van der Waals surface area contributed by atoms with Gasteiger partial charge in [0.1, 0.15) is 12.3 Å². The van der Waals surface area contributed by atoms with Crippen LogP contribution < -0.4 is 0 Å². The molecule has 1 aromatic carbocycles. The van der Waals surface area contributed by atoms with Crippen LogP contribution in [0.4, 0.5) is 0 Å². The highest BCUT2D eigenvalue weighted by atomic mass is 35.5. The first-order valence-electron chi connectivity index (χ1n) is 11.8. The van der Waals surface area contributed by atoms with E-state index in [0.29, 0.717) is 31.8 Å². The number of quaternary nitrogens is 1. The van der Waals surface area contributed by atoms with E-state index in [9.17, 15) is 24.6 Å². The summed E-state index contributed by atoms with van der Waals surface area (Å²) >= 11 is 7.66. The van der Waals surface area contributed by atoms with E-state index in [4.69, 9.17) is 17.0 Å². The lowest BCUT2D eigenvalue weighted by Crippen LogP contribution is -2.58. The molecule has 2 bridgehead atoms. The lowest BCUT2D eigenvalue weighted by atomic mass is 9.98. The molecular weight excluding hydrogens is 492 g/mol. The van der Waals surface area contributed by atoms with E-state index in [0.717, 1.165) is 42.3 Å². The second-order valence-electron chi connectivity index (χ2n) is 9.83. The summed E-state index contributed by atoms with van der Waals surface area (Å²) < 4.78 is 0.754. The molecule has 2 amide bonds. The molecule has 4 fully saturated rings. The Kier molecular flexibility index (Phi) is 6.09. The van der Waals surface area contributed by atoms with Crippen molar-refractivity contribution >= 4 is 47.2 Å². The van der Waals surface area contributed by atoms with Crippen LogP contribution in [-0.2, 0) is 14.4 Å². The minimum Gasteiger partial charge on any atom is -0.504 e. The second-order valence-corrected chi connectivity index (χ2v) is 11.8. The number of hydrogen-bond acceptors (Lipinski definition) is 7. The molecule has 5 aliphatic heterocycles. The summed E-state index contributed by atoms with van der Waals surface area (Å²) in [6.45, 7) is 5.66. The van der Waals surface area contributed by atoms with Crippen LogP contribution in [0.5, 0.6) is 11.5 Å². The van der Waals surface area contributed by atoms with Gasteiger partial charge < -0.3 is 19.6 Å². The van der Waals surface area contributed by atoms with Gasteiger partial charge in [0.25, 0.3) is 5.91 Å². The van der Waals surface area contributed by atoms with Crippen molar-refractivity contribution in [3.8, 4) is 11.5 Å². The minimum atomic E-state index is -0.478. The molecular formula is C24H28ClN4O5S+. The molecule has 0 saturated carbocycles. The Hall–Kier alpha value is -2.56. The number of aldehydes is 1. The molecule has 4 saturated heterocycles. The van der Waals surface area contributed by atoms with E-state index >= 15 is 0 Å². The summed E-state index contributed by atoms with van der Waals surface area (Å²) in [5.41, 5.74) is 1.41. The second kappa shape index (κ2) is 8.83. The van der Waals surface area contributed by atoms with Crippen molar-refractivity contribution in [3.63, 3.8) is 0 Å². The number of piperidine rings is 1. The molecule has 5 aliphatic rings. The zero-order chi connectivity index (χ0) is 25.1. The van der Waals surface area contributed by atoms with Gasteiger partial charge in [-0.2, -0.15) is 0 Å². The number of halogens is 1. The van der Waals surface area contributed by atoms with E-state index < -0.39 is 17.4 Å². The molecule has 9 nitrogen and oxygen atoms in total. The third-order valence-electron chi connectivity index (χ3n) is 7.90. The highest BCUT2D eigenvalue weighted by Crippen LogP contribution is 2.44. The zero-order valence-corrected chi connectivity index (χ0v) is 20.9. The largest absolute Gasteiger partial charge is 0.504 e. The fourth-order valence-electron chi connectivity index (χ4n) is 5.81. The summed E-state index contributed by atoms with van der Waals surface area (Å²) in [5.74, 6) is -1.38. The average molecular weight is 520 g/mol. The van der Waals surface area contributed by atoms with Gasteiger partial charge in [-0.05, 0) is 19.1 Å². The molecule has 11 heteroatoms. The van der Waals surface area contributed by atoms with Gasteiger partial charge in [-0.3, -0.25) is 24.7 Å². The van der Waals surface area contributed by atoms with E-state index in [1.54, 1.807) is 21.6 Å². The number of carbonyl (C=O) groups excluding carboxylic acids is 3. The number of rotatable bonds is 5. The highest BCUT2D eigenvalue weighted by Gasteiger charge is 2.49. The summed E-state index contributed by atoms with van der Waals surface area (Å²) in [6, 6.07) is 2.49. The third-order valence-corrected chi connectivity index (χ3v) is 9.57. The molecule has 0 spiro atoms. The smallest absolute Gasteiger partial charge is 0.272 e. The van der Waals surface area contributed by atoms with E-state index in [-0.39, 0.29) is 38.9 Å². The van der Waals surface area contributed by atoms with E-state index in [1.165, 1.54) is 12.1 Å². The number of benzene rings is 1. The SMILES string of the molecule is C[C@@H]1S[C@@H]2CC(=O)N2C(C=O)=C1C[N+]12CCC(CC1)N(C(=O)C(=N)c1cc(O)c(O)c(Cl)c1)CC2. The number of aromatic hydroxyl groups is 2. The number of thioether (sulfide) groups is 1. The monoisotopic (exact) mass is 519 g/mol. The molecule has 2 atom stereocenters. The number of β-lactam (4-membered cyclic amide) rings is 1. The summed E-state index contributed by atoms with van der Waals surface area (Å²) in [7, 11) is 0. The van der Waals surface area contributed by atoms with Gasteiger partial charge in [0.15, 0.2) is 17.8 Å². The molecule has 5 heterocycles. The van der Waals surface area contributed by atoms with Crippen molar-refractivity contribution in [1.29, 1.82) is 5.41 Å². The van der Waals surface area contributed by atoms with Crippen LogP contribution in [0.25, 0.3) is 0 Å². The number of carbonyl (C=O) groups is 3. The number of phenols is 2. The summed E-state index contributed by atoms with van der Waals surface area (Å²) in [5, 5.41) is 28.1. The Morgan fingerprint density at radius 1 is 1.29 bits per heavy atom. The summed E-state index contributed by atoms with van der Waals surface area (Å²) in [6.07, 6.45) is 2.89. The van der Waals surface area contributed by atoms with Gasteiger partial charge >= 0.3 is 0 Å². The number of hydrogen-bond donors (Lipinski definition) is 3. The molecule has 6 rings (SSSR count). The number of amides is 2. The van der Waals surface area contributed by atoms with Crippen LogP contribution >= 0.6 is 23.4 Å². The predicted octanol–water partition coefficient (Wildman–Crippen LogP) is 2.09. The number of fused-ring (bicyclic) bond motifs is 5. The zero-order valence-electron chi connectivity index (χ0n) is 19.4. The Morgan fingerprint density at radius 3 is 2.63 bits per heavy atom. The summed E-state index contributed by atoms with van der Waals surface area (Å²) in [4.78, 5) is 40.9. The molecule has 186 valence electrons. The van der Waals surface area contributed by atoms with Crippen molar-refractivity contribution in [2.24, 2.45) is 0 Å². The minimum absolute atomic E-state index is 0.000713. The highest BCUT2D eigenvalue weighted by molar-refractivity contribution is 8.00. The predicted molar refractivity (Wildman–Crippen MR) is 131 cm³/mol. The Labute approximate surface area is 212 Å². The first kappa shape index (κ1) is 24.1. The molecule has 3 N–H and O–H groups in total. The fourth-order valence-corrected chi connectivity index (χ4v) is 7.45. The number of nitrogens with one attached hydrogen (secondary N) is 1. The Bertz CT molecular complexity index is 1140. The van der Waals surface area contributed by atoms with Crippen molar-refractivity contribution < 1.29 is 29.1 Å². The van der Waals surface area contributed by atoms with Crippen LogP contribution in [0.1, 0.15) is 31.7 Å². The lowest BCUT2D eigenvalue weighted by Gasteiger charge is -2.48. The van der Waals surface area contributed by atoms with Crippen LogP contribution in [0.2, 0.25) is 5.02 Å². The van der Waals surface area contributed by atoms with Crippen molar-refractivity contribution in [3.05, 3.63) is 34.0 Å². The van der Waals surface area contributed by atoms with Gasteiger partial charge in [-0.25, -0.2) is 0 Å². The third kappa shape index (κ3) is 4.01. The maximum atomic E-state index is 13.3. The maximum absolute atomic E-state index is 13.3. The molecule has 0 radical (unpaired) electrons. The van der Waals surface area contributed by atoms with Crippen LogP contribution in [0.3, 0.4) is 0 Å². The average Bonchev–Trinajstić information content (AvgIpc) is 3.12. The first-order valence-corrected chi connectivity index (χ1v) is 13.1. The molecule has 35 heavy (non-hydrogen) atoms. The van der Waals surface area contributed by atoms with Gasteiger partial charge in [0.05, 0.1) is 48.7 Å². The normalized spacial score (nSPS) is 30.0. The van der Waals surface area contributed by atoms with Crippen molar-refractivity contribution in [2.75, 3.05) is 32.7 Å². The molecule has 1 aromatic rings. The standard InChI is InChI=1S/C24H27ClN4O5S/c1-13-16(18(12-30)28-20(32)10-21(28)35-13)11-29-5-2-15(3-6-29)27(4-7-29)24(34)22(26)14-8-17(25)23(33)19(31)9-14/h8-9,12-13,15,21H,2-7,10-11H2,1H3,(H2-,26,31,33,34)/p+1/t13-,15?,21+,29?/m0/s1. The first-order chi connectivity index (χ1) is 16.6. The van der Waals surface area contributed by atoms with Crippen LogP contribution in [-0.4, -0.2) is 97.7 Å². The quantitative estimate of drug-likeness (QED) is 0.180. The number of allylic oxidation sites excluding steroid dienone is 1. The van der Waals surface area contributed by atoms with Gasteiger partial charge in [0, 0.05) is 35.3 Å². The van der Waals surface area contributed by atoms with Gasteiger partial charge in [-0.1, -0.05) is 11.6 Å². The van der Waals surface area contributed by atoms with Crippen molar-refractivity contribution in [1.82, 2.24) is 9.80 Å². The fraction of sp³-hybridized carbons (Fsp3) is 0.500. The van der Waals surface area contributed by atoms with Crippen LogP contribution in [0.15, 0.2) is 23.4 Å². The lowest BCUT2D eigenvalue weighted by molar-refractivity contribution is -0.925. The van der Waals surface area contributed by atoms with E-state index in [2.05, 4.69) is 6.92 Å². The number of nitrogens with zero attached hydrogens (tertiary/aromatic N) is 3. The number of phenolic OH excluding ortho intramolecular Hbond substituents is 2. The van der Waals surface area contributed by atoms with Gasteiger partial charge in [0.2, 0.25) is 5.91 Å². The molecule has 0 aliphatic carbocycles. The van der Waals surface area contributed by atoms with Gasteiger partial charge in [-0.15, -0.1) is 11.8 Å². The topological polar surface area (TPSA) is 122 Å². The van der Waals surface area contributed by atoms with Crippen LogP contribution in [0, 0.1) is 5.41 Å². The molecule has 0 unspecified atom stereocenters. The van der Waals surface area contributed by atoms with E-state index in [1.807, 2.05) is 0 Å². The maximum Gasteiger partial charge on any atom is 0.272 e.